The molecule has 90 valence electrons. The zero-order chi connectivity index (χ0) is 12.1. The number of nitrogens with two attached hydrogens (primary N) is 1. The van der Waals surface area contributed by atoms with E-state index in [2.05, 4.69) is 11.5 Å². The Morgan fingerprint density at radius 2 is 2.06 bits per heavy atom. The van der Waals surface area contributed by atoms with Crippen molar-refractivity contribution in [2.75, 3.05) is 5.75 Å². The van der Waals surface area contributed by atoms with Crippen LogP contribution in [-0.2, 0) is 0 Å². The molecular formula is C12H13FN2S2. The second-order valence-electron chi connectivity index (χ2n) is 3.50. The number of nitrogens with one attached hydrogen (secondary N) is 1. The predicted octanol–water partition coefficient (Wildman–Crippen LogP) is 3.18. The molecule has 1 unspecified atom stereocenters. The lowest BCUT2D eigenvalue weighted by Crippen LogP contribution is -2.28. The largest absolute Gasteiger partial charge is 0.271 e. The molecule has 5 heteroatoms. The molecule has 1 heterocycles. The molecule has 2 rings (SSSR count). The molecule has 0 saturated carbocycles. The molecule has 1 atom stereocenters. The van der Waals surface area contributed by atoms with Gasteiger partial charge in [0, 0.05) is 15.5 Å². The molecule has 0 spiro atoms. The SMILES string of the molecule is NNC(CSc1ccc(F)cc1)c1cccs1. The first-order valence-corrected chi connectivity index (χ1v) is 7.04. The first-order chi connectivity index (χ1) is 8.29. The molecule has 1 aromatic heterocycles. The normalized spacial score (nSPS) is 12.6. The summed E-state index contributed by atoms with van der Waals surface area (Å²) in [7, 11) is 0. The van der Waals surface area contributed by atoms with Crippen LogP contribution in [0.2, 0.25) is 0 Å². The van der Waals surface area contributed by atoms with Crippen molar-refractivity contribution >= 4 is 23.1 Å². The minimum Gasteiger partial charge on any atom is -0.271 e. The van der Waals surface area contributed by atoms with E-state index in [4.69, 9.17) is 5.84 Å². The lowest BCUT2D eigenvalue weighted by molar-refractivity contribution is 0.620. The lowest BCUT2D eigenvalue weighted by atomic mass is 10.3. The van der Waals surface area contributed by atoms with Crippen molar-refractivity contribution < 1.29 is 4.39 Å². The van der Waals surface area contributed by atoms with E-state index < -0.39 is 0 Å². The van der Waals surface area contributed by atoms with Gasteiger partial charge < -0.3 is 0 Å². The number of benzene rings is 1. The maximum atomic E-state index is 12.7. The smallest absolute Gasteiger partial charge is 0.123 e. The van der Waals surface area contributed by atoms with Gasteiger partial charge in [-0.2, -0.15) is 0 Å². The summed E-state index contributed by atoms with van der Waals surface area (Å²) in [6, 6.07) is 10.7. The Morgan fingerprint density at radius 1 is 1.29 bits per heavy atom. The van der Waals surface area contributed by atoms with Crippen LogP contribution in [0.4, 0.5) is 4.39 Å². The van der Waals surface area contributed by atoms with Crippen LogP contribution in [0.25, 0.3) is 0 Å². The van der Waals surface area contributed by atoms with Crippen molar-refractivity contribution in [1.82, 2.24) is 5.43 Å². The van der Waals surface area contributed by atoms with Gasteiger partial charge in [-0.3, -0.25) is 11.3 Å². The van der Waals surface area contributed by atoms with Gasteiger partial charge in [-0.15, -0.1) is 23.1 Å². The quantitative estimate of drug-likeness (QED) is 0.497. The number of thioether (sulfide) groups is 1. The summed E-state index contributed by atoms with van der Waals surface area (Å²) in [5.41, 5.74) is 2.80. The second kappa shape index (κ2) is 6.16. The van der Waals surface area contributed by atoms with Crippen LogP contribution in [0.3, 0.4) is 0 Å². The highest BCUT2D eigenvalue weighted by Gasteiger charge is 2.10. The first-order valence-electron chi connectivity index (χ1n) is 5.17. The van der Waals surface area contributed by atoms with Crippen LogP contribution < -0.4 is 11.3 Å². The van der Waals surface area contributed by atoms with Crippen molar-refractivity contribution in [3.05, 3.63) is 52.5 Å². The minimum atomic E-state index is -0.207. The third kappa shape index (κ3) is 3.54. The second-order valence-corrected chi connectivity index (χ2v) is 5.57. The minimum absolute atomic E-state index is 0.130. The topological polar surface area (TPSA) is 38.0 Å². The van der Waals surface area contributed by atoms with Crippen molar-refractivity contribution in [3.63, 3.8) is 0 Å². The molecule has 0 aliphatic heterocycles. The lowest BCUT2D eigenvalue weighted by Gasteiger charge is -2.13. The highest BCUT2D eigenvalue weighted by Crippen LogP contribution is 2.26. The molecule has 0 amide bonds. The van der Waals surface area contributed by atoms with Crippen LogP contribution in [0.15, 0.2) is 46.7 Å². The van der Waals surface area contributed by atoms with Gasteiger partial charge in [0.25, 0.3) is 0 Å². The van der Waals surface area contributed by atoms with Crippen molar-refractivity contribution in [3.8, 4) is 0 Å². The van der Waals surface area contributed by atoms with Crippen LogP contribution in [-0.4, -0.2) is 5.75 Å². The molecule has 0 radical (unpaired) electrons. The zero-order valence-corrected chi connectivity index (χ0v) is 10.7. The molecule has 0 fully saturated rings. The first kappa shape index (κ1) is 12.6. The van der Waals surface area contributed by atoms with Gasteiger partial charge >= 0.3 is 0 Å². The van der Waals surface area contributed by atoms with E-state index in [-0.39, 0.29) is 11.9 Å². The third-order valence-electron chi connectivity index (χ3n) is 2.32. The number of rotatable bonds is 5. The fraction of sp³-hybridized carbons (Fsp3) is 0.167. The van der Waals surface area contributed by atoms with Crippen LogP contribution in [0.1, 0.15) is 10.9 Å². The Bertz CT molecular complexity index is 442. The van der Waals surface area contributed by atoms with Gasteiger partial charge in [0.2, 0.25) is 0 Å². The number of hydrogen-bond acceptors (Lipinski definition) is 4. The van der Waals surface area contributed by atoms with Crippen LogP contribution >= 0.6 is 23.1 Å². The number of hydrogen-bond donors (Lipinski definition) is 2. The number of hydrazine groups is 1. The fourth-order valence-corrected chi connectivity index (χ4v) is 3.27. The molecule has 2 nitrogen and oxygen atoms in total. The fourth-order valence-electron chi connectivity index (χ4n) is 1.41. The Morgan fingerprint density at radius 3 is 2.65 bits per heavy atom. The monoisotopic (exact) mass is 268 g/mol. The zero-order valence-electron chi connectivity index (χ0n) is 9.10. The van der Waals surface area contributed by atoms with E-state index in [0.717, 1.165) is 10.6 Å². The van der Waals surface area contributed by atoms with E-state index >= 15 is 0 Å². The third-order valence-corrected chi connectivity index (χ3v) is 4.41. The average Bonchev–Trinajstić information content (AvgIpc) is 2.86. The van der Waals surface area contributed by atoms with Crippen LogP contribution in [0, 0.1) is 5.82 Å². The standard InChI is InChI=1S/C12H13FN2S2/c13-9-3-5-10(6-4-9)17-8-11(15-14)12-2-1-7-16-12/h1-7,11,15H,8,14H2. The predicted molar refractivity (Wildman–Crippen MR) is 71.5 cm³/mol. The Labute approximate surface area is 108 Å². The molecule has 0 bridgehead atoms. The van der Waals surface area contributed by atoms with Crippen molar-refractivity contribution in [2.24, 2.45) is 5.84 Å². The Hall–Kier alpha value is -0.880. The number of thiophene rings is 1. The van der Waals surface area contributed by atoms with Gasteiger partial charge in [0.1, 0.15) is 5.82 Å². The summed E-state index contributed by atoms with van der Waals surface area (Å²) in [4.78, 5) is 2.25. The molecule has 0 aliphatic rings. The van der Waals surface area contributed by atoms with Gasteiger partial charge in [-0.25, -0.2) is 4.39 Å². The molecule has 0 aliphatic carbocycles. The Balaban J connectivity index is 1.94. The summed E-state index contributed by atoms with van der Waals surface area (Å²) in [5, 5.41) is 2.03. The maximum Gasteiger partial charge on any atom is 0.123 e. The van der Waals surface area contributed by atoms with Crippen molar-refractivity contribution in [1.29, 1.82) is 0 Å². The van der Waals surface area contributed by atoms with Gasteiger partial charge in [-0.1, -0.05) is 6.07 Å². The number of halogens is 1. The molecule has 1 aromatic carbocycles. The highest BCUT2D eigenvalue weighted by atomic mass is 32.2. The molecule has 3 N–H and O–H groups in total. The molecule has 0 saturated heterocycles. The van der Waals surface area contributed by atoms with E-state index in [1.165, 1.54) is 17.0 Å². The van der Waals surface area contributed by atoms with Gasteiger partial charge in [-0.05, 0) is 35.7 Å². The molecular weight excluding hydrogens is 255 g/mol. The molecule has 2 aromatic rings. The van der Waals surface area contributed by atoms with Gasteiger partial charge in [0.05, 0.1) is 6.04 Å². The molecule has 17 heavy (non-hydrogen) atoms. The van der Waals surface area contributed by atoms with E-state index in [1.54, 1.807) is 35.2 Å². The highest BCUT2D eigenvalue weighted by molar-refractivity contribution is 7.99. The average molecular weight is 268 g/mol. The summed E-state index contributed by atoms with van der Waals surface area (Å²) in [5.74, 6) is 6.15. The summed E-state index contributed by atoms with van der Waals surface area (Å²) < 4.78 is 12.7. The van der Waals surface area contributed by atoms with E-state index in [1.807, 2.05) is 11.4 Å². The van der Waals surface area contributed by atoms with E-state index in [9.17, 15) is 4.39 Å². The summed E-state index contributed by atoms with van der Waals surface area (Å²) in [6.45, 7) is 0. The van der Waals surface area contributed by atoms with E-state index in [0.29, 0.717) is 0 Å². The summed E-state index contributed by atoms with van der Waals surface area (Å²) in [6.07, 6.45) is 0. The maximum absolute atomic E-state index is 12.7. The van der Waals surface area contributed by atoms with Crippen molar-refractivity contribution in [2.45, 2.75) is 10.9 Å². The van der Waals surface area contributed by atoms with Gasteiger partial charge in [0.15, 0.2) is 0 Å². The Kier molecular flexibility index (Phi) is 4.56. The van der Waals surface area contributed by atoms with Crippen LogP contribution in [0.5, 0.6) is 0 Å². The summed E-state index contributed by atoms with van der Waals surface area (Å²) >= 11 is 3.33.